The Hall–Kier alpha value is -0.520. The number of thioether (sulfide) groups is 1. The van der Waals surface area contributed by atoms with Crippen LogP contribution >= 0.6 is 23.4 Å². The number of nitrogens with zero attached hydrogens (tertiary/aromatic N) is 2. The largest absolute Gasteiger partial charge is 0.394 e. The van der Waals surface area contributed by atoms with Gasteiger partial charge in [0, 0.05) is 12.4 Å². The highest BCUT2D eigenvalue weighted by atomic mass is 35.5. The lowest BCUT2D eigenvalue weighted by Gasteiger charge is -2.09. The van der Waals surface area contributed by atoms with Gasteiger partial charge in [-0.05, 0) is 12.8 Å². The summed E-state index contributed by atoms with van der Waals surface area (Å²) in [4.78, 5) is 7.89. The molecular weight excluding hydrogens is 234 g/mol. The minimum Gasteiger partial charge on any atom is -0.394 e. The van der Waals surface area contributed by atoms with E-state index < -0.39 is 0 Å². The third kappa shape index (κ3) is 2.74. The molecule has 4 nitrogen and oxygen atoms in total. The van der Waals surface area contributed by atoms with Gasteiger partial charge in [-0.15, -0.1) is 11.8 Å². The van der Waals surface area contributed by atoms with Crippen molar-refractivity contribution in [3.05, 3.63) is 11.5 Å². The van der Waals surface area contributed by atoms with Crippen molar-refractivity contribution in [2.75, 3.05) is 18.1 Å². The van der Waals surface area contributed by atoms with Crippen LogP contribution in [0.5, 0.6) is 0 Å². The summed E-state index contributed by atoms with van der Waals surface area (Å²) < 4.78 is 5.51. The van der Waals surface area contributed by atoms with Gasteiger partial charge >= 0.3 is 0 Å². The molecule has 0 saturated carbocycles. The maximum atomic E-state index is 5.79. The lowest BCUT2D eigenvalue weighted by atomic mass is 10.3. The van der Waals surface area contributed by atoms with Gasteiger partial charge in [0.2, 0.25) is 0 Å². The van der Waals surface area contributed by atoms with Gasteiger partial charge in [-0.2, -0.15) is 0 Å². The Balaban J connectivity index is 1.95. The van der Waals surface area contributed by atoms with Gasteiger partial charge in [-0.25, -0.2) is 9.97 Å². The molecule has 1 saturated heterocycles. The summed E-state index contributed by atoms with van der Waals surface area (Å²) in [5.74, 6) is 0.873. The lowest BCUT2D eigenvalue weighted by Crippen LogP contribution is -2.08. The van der Waals surface area contributed by atoms with E-state index in [0.29, 0.717) is 16.9 Å². The van der Waals surface area contributed by atoms with Crippen LogP contribution in [0.3, 0.4) is 0 Å². The second-order valence-electron chi connectivity index (χ2n) is 3.33. The fourth-order valence-corrected chi connectivity index (χ4v) is 2.59. The molecule has 2 rings (SSSR count). The molecule has 2 heterocycles. The lowest BCUT2D eigenvalue weighted by molar-refractivity contribution is 0.129. The summed E-state index contributed by atoms with van der Waals surface area (Å²) in [7, 11) is 0. The second-order valence-corrected chi connectivity index (χ2v) is 4.70. The summed E-state index contributed by atoms with van der Waals surface area (Å²) in [5, 5.41) is 1.06. The SMILES string of the molecule is Nc1c(Cl)ncnc1SCC1CCCO1. The molecule has 0 amide bonds. The predicted molar refractivity (Wildman–Crippen MR) is 61.2 cm³/mol. The molecule has 0 aliphatic carbocycles. The number of hydrogen-bond donors (Lipinski definition) is 1. The summed E-state index contributed by atoms with van der Waals surface area (Å²) in [5.41, 5.74) is 6.21. The molecule has 0 aromatic carbocycles. The third-order valence-electron chi connectivity index (χ3n) is 2.23. The molecular formula is C9H12ClN3OS. The Morgan fingerprint density at radius 3 is 3.20 bits per heavy atom. The summed E-state index contributed by atoms with van der Waals surface area (Å²) in [6.07, 6.45) is 4.01. The smallest absolute Gasteiger partial charge is 0.156 e. The minimum atomic E-state index is 0.319. The number of halogens is 1. The Morgan fingerprint density at radius 1 is 1.60 bits per heavy atom. The van der Waals surface area contributed by atoms with Gasteiger partial charge in [0.25, 0.3) is 0 Å². The molecule has 1 fully saturated rings. The van der Waals surface area contributed by atoms with Gasteiger partial charge in [0.05, 0.1) is 6.10 Å². The van der Waals surface area contributed by atoms with Crippen LogP contribution < -0.4 is 5.73 Å². The zero-order chi connectivity index (χ0) is 10.7. The molecule has 1 aromatic heterocycles. The van der Waals surface area contributed by atoms with Crippen molar-refractivity contribution in [1.29, 1.82) is 0 Å². The number of rotatable bonds is 3. The van der Waals surface area contributed by atoms with E-state index in [1.165, 1.54) is 6.33 Å². The van der Waals surface area contributed by atoms with Gasteiger partial charge in [-0.3, -0.25) is 0 Å². The van der Waals surface area contributed by atoms with Crippen molar-refractivity contribution in [3.8, 4) is 0 Å². The first-order valence-electron chi connectivity index (χ1n) is 4.77. The third-order valence-corrected chi connectivity index (χ3v) is 3.67. The van der Waals surface area contributed by atoms with Gasteiger partial charge in [0.15, 0.2) is 5.15 Å². The van der Waals surface area contributed by atoms with E-state index in [-0.39, 0.29) is 0 Å². The monoisotopic (exact) mass is 245 g/mol. The van der Waals surface area contributed by atoms with E-state index in [1.54, 1.807) is 11.8 Å². The van der Waals surface area contributed by atoms with Gasteiger partial charge in [0.1, 0.15) is 17.0 Å². The van der Waals surface area contributed by atoms with Crippen LogP contribution in [0.25, 0.3) is 0 Å². The normalized spacial score (nSPS) is 20.7. The van der Waals surface area contributed by atoms with Crippen molar-refractivity contribution in [2.24, 2.45) is 0 Å². The number of ether oxygens (including phenoxy) is 1. The van der Waals surface area contributed by atoms with E-state index in [1.807, 2.05) is 0 Å². The molecule has 15 heavy (non-hydrogen) atoms. The average Bonchev–Trinajstić information content (AvgIpc) is 2.73. The fourth-order valence-electron chi connectivity index (χ4n) is 1.42. The summed E-state index contributed by atoms with van der Waals surface area (Å²) in [6, 6.07) is 0. The first-order valence-corrected chi connectivity index (χ1v) is 6.14. The molecule has 0 spiro atoms. The highest BCUT2D eigenvalue weighted by Gasteiger charge is 2.17. The second kappa shape index (κ2) is 5.01. The van der Waals surface area contributed by atoms with Crippen molar-refractivity contribution >= 4 is 29.1 Å². The van der Waals surface area contributed by atoms with Gasteiger partial charge in [-0.1, -0.05) is 11.6 Å². The van der Waals surface area contributed by atoms with E-state index in [2.05, 4.69) is 9.97 Å². The van der Waals surface area contributed by atoms with Crippen LogP contribution in [0, 0.1) is 0 Å². The Labute approximate surface area is 97.6 Å². The van der Waals surface area contributed by atoms with E-state index in [0.717, 1.165) is 30.2 Å². The Bertz CT molecular complexity index is 344. The first kappa shape index (κ1) is 11.0. The fraction of sp³-hybridized carbons (Fsp3) is 0.556. The topological polar surface area (TPSA) is 61.0 Å². The Morgan fingerprint density at radius 2 is 2.47 bits per heavy atom. The predicted octanol–water partition coefficient (Wildman–Crippen LogP) is 1.98. The maximum absolute atomic E-state index is 5.79. The molecule has 1 aliphatic heterocycles. The highest BCUT2D eigenvalue weighted by molar-refractivity contribution is 7.99. The summed E-state index contributed by atoms with van der Waals surface area (Å²) in [6.45, 7) is 0.866. The zero-order valence-corrected chi connectivity index (χ0v) is 9.72. The number of aromatic nitrogens is 2. The van der Waals surface area contributed by atoms with Crippen molar-refractivity contribution < 1.29 is 4.74 Å². The molecule has 0 radical (unpaired) electrons. The van der Waals surface area contributed by atoms with E-state index in [4.69, 9.17) is 22.1 Å². The molecule has 2 N–H and O–H groups in total. The molecule has 1 aliphatic rings. The maximum Gasteiger partial charge on any atom is 0.156 e. The summed E-state index contributed by atoms with van der Waals surface area (Å²) >= 11 is 7.36. The average molecular weight is 246 g/mol. The van der Waals surface area contributed by atoms with Crippen LogP contribution in [0.4, 0.5) is 5.69 Å². The highest BCUT2D eigenvalue weighted by Crippen LogP contribution is 2.29. The van der Waals surface area contributed by atoms with Crippen LogP contribution in [0.15, 0.2) is 11.4 Å². The molecule has 82 valence electrons. The zero-order valence-electron chi connectivity index (χ0n) is 8.15. The van der Waals surface area contributed by atoms with E-state index >= 15 is 0 Å². The minimum absolute atomic E-state index is 0.319. The number of hydrogen-bond acceptors (Lipinski definition) is 5. The Kier molecular flexibility index (Phi) is 3.66. The van der Waals surface area contributed by atoms with Crippen molar-refractivity contribution in [2.45, 2.75) is 24.0 Å². The quantitative estimate of drug-likeness (QED) is 0.652. The number of nitrogens with two attached hydrogens (primary N) is 1. The number of anilines is 1. The molecule has 6 heteroatoms. The molecule has 1 atom stereocenters. The van der Waals surface area contributed by atoms with Crippen LogP contribution in [0.1, 0.15) is 12.8 Å². The standard InChI is InChI=1S/C9H12ClN3OS/c10-8-7(11)9(13-5-12-8)15-4-6-2-1-3-14-6/h5-6H,1-4,11H2. The van der Waals surface area contributed by atoms with Crippen molar-refractivity contribution in [3.63, 3.8) is 0 Å². The molecule has 0 bridgehead atoms. The first-order chi connectivity index (χ1) is 7.27. The van der Waals surface area contributed by atoms with Gasteiger partial charge < -0.3 is 10.5 Å². The van der Waals surface area contributed by atoms with Crippen LogP contribution in [-0.2, 0) is 4.74 Å². The van der Waals surface area contributed by atoms with Crippen molar-refractivity contribution in [1.82, 2.24) is 9.97 Å². The van der Waals surface area contributed by atoms with Crippen LogP contribution in [-0.4, -0.2) is 28.4 Å². The van der Waals surface area contributed by atoms with Crippen LogP contribution in [0.2, 0.25) is 5.15 Å². The van der Waals surface area contributed by atoms with E-state index in [9.17, 15) is 0 Å². The molecule has 1 unspecified atom stereocenters. The molecule has 1 aromatic rings. The number of nitrogen functional groups attached to an aromatic ring is 1.